The monoisotopic (exact) mass is 372 g/mol. The normalized spacial score (nSPS) is 10.5. The Morgan fingerprint density at radius 3 is 3.00 bits per heavy atom. The predicted octanol–water partition coefficient (Wildman–Crippen LogP) is 4.04. The van der Waals surface area contributed by atoms with Gasteiger partial charge in [0.15, 0.2) is 0 Å². The molecule has 1 aromatic carbocycles. The van der Waals surface area contributed by atoms with Crippen LogP contribution in [0, 0.1) is 11.3 Å². The minimum absolute atomic E-state index is 0.105. The molecule has 24 heavy (non-hydrogen) atoms. The quantitative estimate of drug-likeness (QED) is 0.520. The molecule has 3 rings (SSSR count). The van der Waals surface area contributed by atoms with Crippen LogP contribution in [0.1, 0.15) is 0 Å². The third-order valence-corrected chi connectivity index (χ3v) is 5.78. The van der Waals surface area contributed by atoms with Crippen LogP contribution >= 0.6 is 34.9 Å². The van der Waals surface area contributed by atoms with E-state index in [9.17, 15) is 4.79 Å². The van der Waals surface area contributed by atoms with Crippen LogP contribution in [0.3, 0.4) is 0 Å². The molecule has 8 heteroatoms. The molecule has 5 nitrogen and oxygen atoms in total. The van der Waals surface area contributed by atoms with Gasteiger partial charge in [-0.25, -0.2) is 9.97 Å². The van der Waals surface area contributed by atoms with Crippen molar-refractivity contribution in [3.63, 3.8) is 0 Å². The number of para-hydroxylation sites is 1. The highest BCUT2D eigenvalue weighted by Gasteiger charge is 2.10. The van der Waals surface area contributed by atoms with Gasteiger partial charge in [0.1, 0.15) is 16.2 Å². The fourth-order valence-corrected chi connectivity index (χ4v) is 4.26. The van der Waals surface area contributed by atoms with Crippen LogP contribution in [0.2, 0.25) is 0 Å². The number of carbonyl (C=O) groups excluding carboxylic acids is 1. The Morgan fingerprint density at radius 2 is 2.12 bits per heavy atom. The first-order chi connectivity index (χ1) is 11.8. The molecule has 0 bridgehead atoms. The van der Waals surface area contributed by atoms with E-state index in [4.69, 9.17) is 5.26 Å². The van der Waals surface area contributed by atoms with Gasteiger partial charge >= 0.3 is 0 Å². The van der Waals surface area contributed by atoms with E-state index in [0.717, 1.165) is 25.8 Å². The average molecular weight is 373 g/mol. The van der Waals surface area contributed by atoms with Gasteiger partial charge in [0.2, 0.25) is 5.91 Å². The zero-order valence-corrected chi connectivity index (χ0v) is 14.9. The predicted molar refractivity (Wildman–Crippen MR) is 99.5 cm³/mol. The summed E-state index contributed by atoms with van der Waals surface area (Å²) in [5.41, 5.74) is 0.728. The van der Waals surface area contributed by atoms with Gasteiger partial charge in [-0.1, -0.05) is 23.9 Å². The van der Waals surface area contributed by atoms with E-state index in [-0.39, 0.29) is 11.7 Å². The van der Waals surface area contributed by atoms with Crippen LogP contribution in [0.5, 0.6) is 0 Å². The van der Waals surface area contributed by atoms with Crippen molar-refractivity contribution in [3.05, 3.63) is 42.0 Å². The van der Waals surface area contributed by atoms with E-state index < -0.39 is 0 Å². The van der Waals surface area contributed by atoms with Crippen molar-refractivity contribution in [2.24, 2.45) is 0 Å². The van der Waals surface area contributed by atoms with Crippen LogP contribution in [-0.4, -0.2) is 27.4 Å². The molecule has 0 spiro atoms. The number of benzene rings is 1. The first-order valence-electron chi connectivity index (χ1n) is 6.97. The summed E-state index contributed by atoms with van der Waals surface area (Å²) in [5.74, 6) is 0.504. The van der Waals surface area contributed by atoms with E-state index in [0.29, 0.717) is 5.75 Å². The van der Waals surface area contributed by atoms with Gasteiger partial charge in [0.05, 0.1) is 23.3 Å². The fourth-order valence-electron chi connectivity index (χ4n) is 2.01. The van der Waals surface area contributed by atoms with Crippen LogP contribution in [-0.2, 0) is 4.79 Å². The van der Waals surface area contributed by atoms with Crippen LogP contribution in [0.25, 0.3) is 10.2 Å². The number of nitrogens with zero attached hydrogens (tertiary/aromatic N) is 3. The summed E-state index contributed by atoms with van der Waals surface area (Å²) in [5, 5.41) is 15.4. The van der Waals surface area contributed by atoms with Crippen molar-refractivity contribution in [2.45, 2.75) is 9.92 Å². The Bertz CT molecular complexity index is 903. The number of fused-ring (bicyclic) bond motifs is 1. The molecule has 0 fully saturated rings. The molecule has 1 N–H and O–H groups in total. The van der Waals surface area contributed by atoms with Gasteiger partial charge in [-0.05, 0) is 23.6 Å². The van der Waals surface area contributed by atoms with Gasteiger partial charge in [-0.2, -0.15) is 5.26 Å². The lowest BCUT2D eigenvalue weighted by atomic mass is 10.3. The van der Waals surface area contributed by atoms with Crippen molar-refractivity contribution in [1.82, 2.24) is 9.97 Å². The molecule has 2 aromatic heterocycles. The van der Waals surface area contributed by atoms with Gasteiger partial charge in [0.25, 0.3) is 0 Å². The zero-order valence-electron chi connectivity index (χ0n) is 12.4. The number of nitrogens with one attached hydrogen (secondary N) is 1. The highest BCUT2D eigenvalue weighted by atomic mass is 32.2. The zero-order chi connectivity index (χ0) is 16.8. The lowest BCUT2D eigenvalue weighted by Gasteiger charge is -2.09. The van der Waals surface area contributed by atoms with E-state index in [2.05, 4.69) is 21.4 Å². The topological polar surface area (TPSA) is 78.7 Å². The maximum Gasteiger partial charge on any atom is 0.234 e. The summed E-state index contributed by atoms with van der Waals surface area (Å²) in [4.78, 5) is 22.5. The Morgan fingerprint density at radius 1 is 1.25 bits per heavy atom. The average Bonchev–Trinajstić information content (AvgIpc) is 3.08. The minimum Gasteiger partial charge on any atom is -0.324 e. The molecule has 0 aliphatic rings. The smallest absolute Gasteiger partial charge is 0.234 e. The maximum absolute atomic E-state index is 12.2. The van der Waals surface area contributed by atoms with Crippen molar-refractivity contribution < 1.29 is 4.79 Å². The van der Waals surface area contributed by atoms with Crippen molar-refractivity contribution in [1.29, 1.82) is 5.26 Å². The largest absolute Gasteiger partial charge is 0.324 e. The Balaban J connectivity index is 1.64. The number of hydrogen-bond acceptors (Lipinski definition) is 7. The number of aromatic nitrogens is 2. The second kappa shape index (κ2) is 8.15. The van der Waals surface area contributed by atoms with Gasteiger partial charge in [-0.3, -0.25) is 4.79 Å². The van der Waals surface area contributed by atoms with E-state index in [1.54, 1.807) is 11.3 Å². The van der Waals surface area contributed by atoms with Crippen LogP contribution in [0.4, 0.5) is 5.69 Å². The summed E-state index contributed by atoms with van der Waals surface area (Å²) in [7, 11) is 0. The standard InChI is InChI=1S/C16H12N4OS3/c17-6-8-22-13-4-2-1-3-12(13)20-14(21)9-24-16-11-5-7-23-15(11)18-10-19-16/h1-5,7,10H,8-9H2,(H,20,21). The molecule has 0 radical (unpaired) electrons. The molecule has 0 aliphatic carbocycles. The first kappa shape index (κ1) is 16.8. The van der Waals surface area contributed by atoms with E-state index in [1.807, 2.05) is 35.7 Å². The van der Waals surface area contributed by atoms with Gasteiger partial charge < -0.3 is 5.32 Å². The van der Waals surface area contributed by atoms with Gasteiger partial charge in [-0.15, -0.1) is 23.1 Å². The molecule has 0 unspecified atom stereocenters. The highest BCUT2D eigenvalue weighted by Crippen LogP contribution is 2.29. The number of carbonyl (C=O) groups is 1. The van der Waals surface area contributed by atoms with Crippen LogP contribution < -0.4 is 5.32 Å². The van der Waals surface area contributed by atoms with E-state index in [1.165, 1.54) is 29.9 Å². The molecule has 2 heterocycles. The third-order valence-electron chi connectivity index (χ3n) is 3.02. The minimum atomic E-state index is -0.105. The molecule has 0 aliphatic heterocycles. The summed E-state index contributed by atoms with van der Waals surface area (Å²) < 4.78 is 0. The lowest BCUT2D eigenvalue weighted by Crippen LogP contribution is -2.14. The molecular weight excluding hydrogens is 360 g/mol. The summed E-state index contributed by atoms with van der Waals surface area (Å²) >= 11 is 4.35. The first-order valence-corrected chi connectivity index (χ1v) is 9.82. The number of rotatable bonds is 6. The molecule has 0 atom stereocenters. The summed E-state index contributed by atoms with van der Waals surface area (Å²) in [6.45, 7) is 0. The lowest BCUT2D eigenvalue weighted by molar-refractivity contribution is -0.113. The Kier molecular flexibility index (Phi) is 5.69. The Hall–Kier alpha value is -2.08. The number of thiophene rings is 1. The number of thioether (sulfide) groups is 2. The number of amides is 1. The third kappa shape index (κ3) is 4.06. The van der Waals surface area contributed by atoms with Gasteiger partial charge in [0, 0.05) is 10.3 Å². The molecule has 120 valence electrons. The van der Waals surface area contributed by atoms with E-state index >= 15 is 0 Å². The SMILES string of the molecule is N#CCSc1ccccc1NC(=O)CSc1ncnc2sccc12. The molecule has 0 saturated carbocycles. The van der Waals surface area contributed by atoms with Crippen molar-refractivity contribution in [3.8, 4) is 6.07 Å². The second-order valence-electron chi connectivity index (χ2n) is 4.60. The number of anilines is 1. The fraction of sp³-hybridized carbons (Fsp3) is 0.125. The number of nitriles is 1. The molecule has 0 saturated heterocycles. The molecular formula is C16H12N4OS3. The van der Waals surface area contributed by atoms with Crippen molar-refractivity contribution in [2.75, 3.05) is 16.8 Å². The molecule has 1 amide bonds. The number of hydrogen-bond donors (Lipinski definition) is 1. The Labute approximate surface area is 151 Å². The van der Waals surface area contributed by atoms with Crippen molar-refractivity contribution >= 4 is 56.7 Å². The molecule has 3 aromatic rings. The van der Waals surface area contributed by atoms with Crippen LogP contribution in [0.15, 0.2) is 52.0 Å². The summed E-state index contributed by atoms with van der Waals surface area (Å²) in [6, 6.07) is 11.5. The second-order valence-corrected chi connectivity index (χ2v) is 7.47. The summed E-state index contributed by atoms with van der Waals surface area (Å²) in [6.07, 6.45) is 1.52. The maximum atomic E-state index is 12.2. The highest BCUT2D eigenvalue weighted by molar-refractivity contribution is 8.00.